The lowest BCUT2D eigenvalue weighted by atomic mass is 9.98. The summed E-state index contributed by atoms with van der Waals surface area (Å²) in [6.07, 6.45) is 4.51. The molecular formula is C36H42FN9O3. The zero-order valence-electron chi connectivity index (χ0n) is 27.9. The summed E-state index contributed by atoms with van der Waals surface area (Å²) in [7, 11) is 0. The Morgan fingerprint density at radius 2 is 1.88 bits per heavy atom. The number of carbonyl (C=O) groups is 1. The Labute approximate surface area is 286 Å². The number of amides is 1. The lowest BCUT2D eigenvalue weighted by Gasteiger charge is -2.47. The highest BCUT2D eigenvalue weighted by Crippen LogP contribution is 2.29. The van der Waals surface area contributed by atoms with E-state index >= 15 is 4.39 Å². The Balaban J connectivity index is 1.13. The Morgan fingerprint density at radius 1 is 1.12 bits per heavy atom. The van der Waals surface area contributed by atoms with Gasteiger partial charge in [0.25, 0.3) is 5.91 Å². The Kier molecular flexibility index (Phi) is 10.2. The minimum atomic E-state index is -0.654. The van der Waals surface area contributed by atoms with E-state index in [1.165, 1.54) is 18.5 Å². The third-order valence-corrected chi connectivity index (χ3v) is 9.46. The van der Waals surface area contributed by atoms with Crippen molar-refractivity contribution in [3.8, 4) is 11.5 Å². The van der Waals surface area contributed by atoms with E-state index in [0.29, 0.717) is 37.1 Å². The standard InChI is InChI=1S/C36H42FN9O3/c1-36(2,46-16-14-44(15-17-46)25-21-48-22-25)19-30(40-3)35(47)45-13-7-8-24(20-45)43-34-31(33(39)41-23-42-34)32(38)28-12-11-27(18-29(28)37)49-26-9-5-4-6-10-26/h4-6,9-12,18-19,23-25,38H,7-8,13-17,20-22H2,1-2H3,(H3,39,41,42,43)/b30-19-,38-32?. The quantitative estimate of drug-likeness (QED) is 0.163. The number of hydrogen-bond acceptors (Lipinski definition) is 10. The third-order valence-electron chi connectivity index (χ3n) is 9.46. The van der Waals surface area contributed by atoms with E-state index in [4.69, 9.17) is 27.2 Å². The number of nitrogens with two attached hydrogens (primary N) is 1. The number of rotatable bonds is 10. The average molecular weight is 668 g/mol. The van der Waals surface area contributed by atoms with Gasteiger partial charge in [0.05, 0.1) is 37.1 Å². The first-order valence-corrected chi connectivity index (χ1v) is 16.6. The number of likely N-dealkylation sites (tertiary alicyclic amines) is 1. The number of nitrogen functional groups attached to an aromatic ring is 1. The minimum Gasteiger partial charge on any atom is -0.457 e. The first-order valence-electron chi connectivity index (χ1n) is 16.6. The van der Waals surface area contributed by atoms with Crippen LogP contribution in [-0.2, 0) is 9.53 Å². The van der Waals surface area contributed by atoms with Crippen molar-refractivity contribution in [3.63, 3.8) is 0 Å². The molecule has 1 amide bonds. The van der Waals surface area contributed by atoms with Crippen molar-refractivity contribution in [1.82, 2.24) is 24.7 Å². The van der Waals surface area contributed by atoms with Crippen molar-refractivity contribution in [1.29, 1.82) is 5.41 Å². The molecule has 0 spiro atoms. The van der Waals surface area contributed by atoms with Crippen LogP contribution >= 0.6 is 0 Å². The summed E-state index contributed by atoms with van der Waals surface area (Å²) in [6, 6.07) is 13.6. The van der Waals surface area contributed by atoms with Gasteiger partial charge in [0, 0.05) is 62.5 Å². The Bertz CT molecular complexity index is 1750. The predicted octanol–water partition coefficient (Wildman–Crippen LogP) is 4.41. The highest BCUT2D eigenvalue weighted by Gasteiger charge is 2.35. The van der Waals surface area contributed by atoms with Gasteiger partial charge in [-0.25, -0.2) is 19.2 Å². The number of aromatic nitrogens is 2. The smallest absolute Gasteiger partial charge is 0.252 e. The van der Waals surface area contributed by atoms with Gasteiger partial charge in [0.1, 0.15) is 35.3 Å². The molecule has 3 aliphatic rings. The molecule has 12 nitrogen and oxygen atoms in total. The van der Waals surface area contributed by atoms with E-state index in [9.17, 15) is 4.79 Å². The van der Waals surface area contributed by atoms with Crippen LogP contribution in [0.25, 0.3) is 4.85 Å². The van der Waals surface area contributed by atoms with Crippen LogP contribution in [0.2, 0.25) is 0 Å². The second-order valence-corrected chi connectivity index (χ2v) is 13.2. The monoisotopic (exact) mass is 667 g/mol. The van der Waals surface area contributed by atoms with Gasteiger partial charge in [-0.1, -0.05) is 24.3 Å². The van der Waals surface area contributed by atoms with Gasteiger partial charge >= 0.3 is 0 Å². The molecule has 0 radical (unpaired) electrons. The van der Waals surface area contributed by atoms with Crippen LogP contribution in [0.15, 0.2) is 66.6 Å². The van der Waals surface area contributed by atoms with Crippen LogP contribution in [-0.4, -0.2) is 106 Å². The van der Waals surface area contributed by atoms with Gasteiger partial charge in [0.2, 0.25) is 5.70 Å². The third kappa shape index (κ3) is 7.72. The number of benzene rings is 2. The summed E-state index contributed by atoms with van der Waals surface area (Å²) < 4.78 is 26.5. The van der Waals surface area contributed by atoms with Crippen molar-refractivity contribution < 1.29 is 18.7 Å². The number of ether oxygens (including phenoxy) is 2. The molecule has 1 atom stereocenters. The maximum Gasteiger partial charge on any atom is 0.252 e. The largest absolute Gasteiger partial charge is 0.457 e. The fraction of sp³-hybridized carbons (Fsp3) is 0.417. The number of nitrogens with zero attached hydrogens (tertiary/aromatic N) is 6. The van der Waals surface area contributed by atoms with Crippen molar-refractivity contribution in [2.45, 2.75) is 44.3 Å². The summed E-state index contributed by atoms with van der Waals surface area (Å²) in [6.45, 7) is 18.0. The summed E-state index contributed by atoms with van der Waals surface area (Å²) in [5.74, 6) is 0.191. The summed E-state index contributed by atoms with van der Waals surface area (Å²) in [5.41, 5.74) is 5.85. The van der Waals surface area contributed by atoms with Gasteiger partial charge in [-0.2, -0.15) is 0 Å². The number of hydrogen-bond donors (Lipinski definition) is 3. The number of piperidine rings is 1. The molecule has 0 bridgehead atoms. The second kappa shape index (κ2) is 14.7. The lowest BCUT2D eigenvalue weighted by Crippen LogP contribution is -2.59. The number of anilines is 2. The van der Waals surface area contributed by atoms with E-state index in [2.05, 4.69) is 43.8 Å². The molecule has 0 saturated carbocycles. The van der Waals surface area contributed by atoms with Crippen LogP contribution < -0.4 is 15.8 Å². The molecule has 0 aliphatic carbocycles. The van der Waals surface area contributed by atoms with Gasteiger partial charge in [-0.15, -0.1) is 0 Å². The Hall–Kier alpha value is -4.90. The molecule has 3 fully saturated rings. The van der Waals surface area contributed by atoms with Crippen molar-refractivity contribution in [2.24, 2.45) is 0 Å². The maximum absolute atomic E-state index is 15.4. The minimum absolute atomic E-state index is 0.0123. The van der Waals surface area contributed by atoms with E-state index in [1.54, 1.807) is 29.2 Å². The lowest BCUT2D eigenvalue weighted by molar-refractivity contribution is -0.127. The fourth-order valence-electron chi connectivity index (χ4n) is 6.58. The van der Waals surface area contributed by atoms with Crippen LogP contribution in [0, 0.1) is 17.8 Å². The number of nitrogens with one attached hydrogen (secondary N) is 2. The first-order chi connectivity index (χ1) is 23.6. The molecule has 4 heterocycles. The van der Waals surface area contributed by atoms with Crippen LogP contribution in [0.3, 0.4) is 0 Å². The molecule has 3 saturated heterocycles. The molecule has 1 unspecified atom stereocenters. The second-order valence-electron chi connectivity index (χ2n) is 13.2. The number of halogens is 1. The molecule has 49 heavy (non-hydrogen) atoms. The zero-order chi connectivity index (χ0) is 34.5. The fourth-order valence-corrected chi connectivity index (χ4v) is 6.58. The molecule has 1 aromatic heterocycles. The van der Waals surface area contributed by atoms with Crippen molar-refractivity contribution in [2.75, 3.05) is 63.5 Å². The molecule has 3 aliphatic heterocycles. The summed E-state index contributed by atoms with van der Waals surface area (Å²) in [4.78, 5) is 32.3. The van der Waals surface area contributed by atoms with Gasteiger partial charge < -0.3 is 25.4 Å². The SMILES string of the molecule is [C-]#[N+]/C(=C\C(C)(C)N1CCN(C2COC2)CC1)C(=O)N1CCCC(Nc2ncnc(N)c2C(=N)c2ccc(Oc3ccccc3)cc2F)C1. The average Bonchev–Trinajstić information content (AvgIpc) is 3.07. The molecule has 256 valence electrons. The van der Waals surface area contributed by atoms with Crippen molar-refractivity contribution >= 4 is 23.3 Å². The molecule has 2 aromatic carbocycles. The summed E-state index contributed by atoms with van der Waals surface area (Å²) in [5, 5.41) is 12.2. The van der Waals surface area contributed by atoms with E-state index in [-0.39, 0.29) is 46.1 Å². The molecule has 13 heteroatoms. The normalized spacial score (nSPS) is 19.5. The number of para-hydroxylation sites is 1. The zero-order valence-corrected chi connectivity index (χ0v) is 27.9. The van der Waals surface area contributed by atoms with Crippen LogP contribution in [0.4, 0.5) is 16.0 Å². The number of carbonyl (C=O) groups excluding carboxylic acids is 1. The van der Waals surface area contributed by atoms with E-state index < -0.39 is 11.4 Å². The Morgan fingerprint density at radius 3 is 2.55 bits per heavy atom. The van der Waals surface area contributed by atoms with E-state index in [1.807, 2.05) is 18.2 Å². The summed E-state index contributed by atoms with van der Waals surface area (Å²) >= 11 is 0. The van der Waals surface area contributed by atoms with Crippen LogP contribution in [0.1, 0.15) is 37.8 Å². The molecule has 3 aromatic rings. The predicted molar refractivity (Wildman–Crippen MR) is 185 cm³/mol. The number of piperazine rings is 1. The van der Waals surface area contributed by atoms with Gasteiger partial charge in [-0.3, -0.25) is 20.0 Å². The maximum atomic E-state index is 15.4. The molecule has 4 N–H and O–H groups in total. The first kappa shape index (κ1) is 34.0. The van der Waals surface area contributed by atoms with Gasteiger partial charge in [0.15, 0.2) is 0 Å². The van der Waals surface area contributed by atoms with Crippen molar-refractivity contribution in [3.05, 3.63) is 95.0 Å². The molecular weight excluding hydrogens is 625 g/mol. The van der Waals surface area contributed by atoms with Crippen LogP contribution in [0.5, 0.6) is 11.5 Å². The van der Waals surface area contributed by atoms with Gasteiger partial charge in [-0.05, 0) is 51.0 Å². The highest BCUT2D eigenvalue weighted by molar-refractivity contribution is 6.16. The highest BCUT2D eigenvalue weighted by atomic mass is 19.1. The molecule has 6 rings (SSSR count). The topological polar surface area (TPSA) is 137 Å². The van der Waals surface area contributed by atoms with E-state index in [0.717, 1.165) is 45.8 Å².